The molecule has 3 aromatic rings. The number of nitro groups is 1. The maximum atomic E-state index is 10.8. The Kier molecular flexibility index (Phi) is 2.50. The van der Waals surface area contributed by atoms with Crippen LogP contribution in [-0.2, 0) is 0 Å². The summed E-state index contributed by atoms with van der Waals surface area (Å²) in [5.41, 5.74) is 2.82. The molecular weight excluding hydrogens is 268 g/mol. The van der Waals surface area contributed by atoms with E-state index in [4.69, 9.17) is 0 Å². The smallest absolute Gasteiger partial charge is 0.288 e. The zero-order valence-electron chi connectivity index (χ0n) is 11.1. The van der Waals surface area contributed by atoms with Gasteiger partial charge in [-0.2, -0.15) is 0 Å². The second-order valence-corrected chi connectivity index (χ2v) is 5.26. The third kappa shape index (κ3) is 2.05. The predicted octanol–water partition coefficient (Wildman–Crippen LogP) is 3.21. The lowest BCUT2D eigenvalue weighted by Crippen LogP contribution is -1.97. The third-order valence-corrected chi connectivity index (χ3v) is 3.76. The van der Waals surface area contributed by atoms with Crippen LogP contribution in [0.25, 0.3) is 16.7 Å². The summed E-state index contributed by atoms with van der Waals surface area (Å²) in [5, 5.41) is 11.6. The third-order valence-electron chi connectivity index (χ3n) is 3.76. The molecule has 3 heterocycles. The van der Waals surface area contributed by atoms with Gasteiger partial charge < -0.3 is 4.57 Å². The molecule has 104 valence electrons. The fourth-order valence-electron chi connectivity index (χ4n) is 2.51. The van der Waals surface area contributed by atoms with Crippen molar-refractivity contribution >= 4 is 16.7 Å². The maximum absolute atomic E-state index is 10.8. The van der Waals surface area contributed by atoms with Crippen LogP contribution in [0.3, 0.4) is 0 Å². The molecule has 1 aliphatic rings. The van der Waals surface area contributed by atoms with Crippen molar-refractivity contribution in [1.29, 1.82) is 0 Å². The Bertz CT molecular complexity index is 852. The monoisotopic (exact) mass is 280 g/mol. The number of hydrogen-bond donors (Lipinski definition) is 0. The van der Waals surface area contributed by atoms with Crippen LogP contribution in [0.1, 0.15) is 24.5 Å². The first-order chi connectivity index (χ1) is 10.2. The molecule has 0 amide bonds. The molecule has 0 unspecified atom stereocenters. The molecule has 0 saturated heterocycles. The van der Waals surface area contributed by atoms with Crippen LogP contribution in [-0.4, -0.2) is 19.5 Å². The molecule has 0 atom stereocenters. The van der Waals surface area contributed by atoms with Gasteiger partial charge in [0.1, 0.15) is 11.8 Å². The van der Waals surface area contributed by atoms with Crippen molar-refractivity contribution in [3.63, 3.8) is 0 Å². The van der Waals surface area contributed by atoms with E-state index in [-0.39, 0.29) is 5.69 Å². The summed E-state index contributed by atoms with van der Waals surface area (Å²) in [6, 6.07) is 7.38. The van der Waals surface area contributed by atoms with Crippen molar-refractivity contribution in [1.82, 2.24) is 14.5 Å². The SMILES string of the molecule is O=[N+]([O-])c1cnc2c(ccn2-c2ccnc(C3CC3)c2)c1. The van der Waals surface area contributed by atoms with E-state index < -0.39 is 4.92 Å². The summed E-state index contributed by atoms with van der Waals surface area (Å²) >= 11 is 0. The molecule has 1 fully saturated rings. The van der Waals surface area contributed by atoms with Crippen molar-refractivity contribution < 1.29 is 4.92 Å². The van der Waals surface area contributed by atoms with Crippen LogP contribution in [0.2, 0.25) is 0 Å². The van der Waals surface area contributed by atoms with Gasteiger partial charge in [0.05, 0.1) is 10.6 Å². The molecule has 6 nitrogen and oxygen atoms in total. The van der Waals surface area contributed by atoms with Crippen molar-refractivity contribution in [3.8, 4) is 5.69 Å². The van der Waals surface area contributed by atoms with Gasteiger partial charge in [-0.3, -0.25) is 15.1 Å². The van der Waals surface area contributed by atoms with Gasteiger partial charge in [-0.15, -0.1) is 0 Å². The fraction of sp³-hybridized carbons (Fsp3) is 0.200. The second-order valence-electron chi connectivity index (χ2n) is 5.26. The largest absolute Gasteiger partial charge is 0.301 e. The molecule has 1 saturated carbocycles. The first-order valence-corrected chi connectivity index (χ1v) is 6.80. The number of aromatic nitrogens is 3. The quantitative estimate of drug-likeness (QED) is 0.545. The topological polar surface area (TPSA) is 73.8 Å². The van der Waals surface area contributed by atoms with E-state index in [9.17, 15) is 10.1 Å². The van der Waals surface area contributed by atoms with Gasteiger partial charge >= 0.3 is 0 Å². The first-order valence-electron chi connectivity index (χ1n) is 6.80. The van der Waals surface area contributed by atoms with Crippen LogP contribution >= 0.6 is 0 Å². The van der Waals surface area contributed by atoms with Crippen LogP contribution in [0.4, 0.5) is 5.69 Å². The van der Waals surface area contributed by atoms with Crippen molar-refractivity contribution in [3.05, 3.63) is 58.7 Å². The van der Waals surface area contributed by atoms with E-state index in [1.54, 1.807) is 12.3 Å². The number of hydrogen-bond acceptors (Lipinski definition) is 4. The average Bonchev–Trinajstić information content (AvgIpc) is 3.26. The number of fused-ring (bicyclic) bond motifs is 1. The van der Waals surface area contributed by atoms with Gasteiger partial charge in [0.2, 0.25) is 0 Å². The van der Waals surface area contributed by atoms with Crippen molar-refractivity contribution in [2.45, 2.75) is 18.8 Å². The Morgan fingerprint density at radius 1 is 1.24 bits per heavy atom. The summed E-state index contributed by atoms with van der Waals surface area (Å²) in [6.07, 6.45) is 7.39. The van der Waals surface area contributed by atoms with E-state index in [1.807, 2.05) is 22.9 Å². The summed E-state index contributed by atoms with van der Waals surface area (Å²) in [5.74, 6) is 0.584. The van der Waals surface area contributed by atoms with Gasteiger partial charge in [-0.1, -0.05) is 0 Å². The summed E-state index contributed by atoms with van der Waals surface area (Å²) in [7, 11) is 0. The number of rotatable bonds is 3. The molecule has 0 spiro atoms. The highest BCUT2D eigenvalue weighted by Crippen LogP contribution is 2.39. The maximum Gasteiger partial charge on any atom is 0.288 e. The van der Waals surface area contributed by atoms with Crippen LogP contribution in [0.15, 0.2) is 42.9 Å². The summed E-state index contributed by atoms with van der Waals surface area (Å²) in [6.45, 7) is 0. The normalized spacial score (nSPS) is 14.5. The Morgan fingerprint density at radius 3 is 2.86 bits per heavy atom. The Labute approximate surface area is 120 Å². The molecule has 1 aliphatic carbocycles. The minimum atomic E-state index is -0.429. The number of pyridine rings is 2. The van der Waals surface area contributed by atoms with Crippen molar-refractivity contribution in [2.75, 3.05) is 0 Å². The van der Waals surface area contributed by atoms with Crippen LogP contribution < -0.4 is 0 Å². The van der Waals surface area contributed by atoms with Gasteiger partial charge in [-0.05, 0) is 31.0 Å². The van der Waals surface area contributed by atoms with Gasteiger partial charge in [0.25, 0.3) is 5.69 Å². The fourth-order valence-corrected chi connectivity index (χ4v) is 2.51. The van der Waals surface area contributed by atoms with E-state index >= 15 is 0 Å². The Balaban J connectivity index is 1.83. The molecule has 0 N–H and O–H groups in total. The molecule has 6 heteroatoms. The molecular formula is C15H12N4O2. The van der Waals surface area contributed by atoms with E-state index in [0.29, 0.717) is 11.6 Å². The molecule has 0 aliphatic heterocycles. The van der Waals surface area contributed by atoms with E-state index in [2.05, 4.69) is 16.0 Å². The second kappa shape index (κ2) is 4.37. The molecule has 0 radical (unpaired) electrons. The lowest BCUT2D eigenvalue weighted by atomic mass is 10.2. The molecule has 0 bridgehead atoms. The van der Waals surface area contributed by atoms with Gasteiger partial charge in [-0.25, -0.2) is 4.98 Å². The highest BCUT2D eigenvalue weighted by molar-refractivity contribution is 5.80. The standard InChI is InChI=1S/C15H12N4O2/c20-19(21)13-7-11-4-6-18(15(11)17-9-13)12-3-5-16-14(8-12)10-1-2-10/h3-10H,1-2H2. The van der Waals surface area contributed by atoms with Crippen LogP contribution in [0, 0.1) is 10.1 Å². The zero-order chi connectivity index (χ0) is 14.4. The molecule has 4 rings (SSSR count). The van der Waals surface area contributed by atoms with Gasteiger partial charge in [0, 0.05) is 35.5 Å². The Hall–Kier alpha value is -2.76. The minimum absolute atomic E-state index is 0.00801. The summed E-state index contributed by atoms with van der Waals surface area (Å²) in [4.78, 5) is 19.0. The summed E-state index contributed by atoms with van der Waals surface area (Å²) < 4.78 is 1.94. The number of nitrogens with zero attached hydrogens (tertiary/aromatic N) is 4. The minimum Gasteiger partial charge on any atom is -0.301 e. The van der Waals surface area contributed by atoms with Crippen molar-refractivity contribution in [2.24, 2.45) is 0 Å². The van der Waals surface area contributed by atoms with E-state index in [1.165, 1.54) is 19.0 Å². The van der Waals surface area contributed by atoms with Crippen LogP contribution in [0.5, 0.6) is 0 Å². The molecule has 3 aromatic heterocycles. The molecule has 21 heavy (non-hydrogen) atoms. The average molecular weight is 280 g/mol. The predicted molar refractivity (Wildman–Crippen MR) is 77.5 cm³/mol. The highest BCUT2D eigenvalue weighted by atomic mass is 16.6. The first kappa shape index (κ1) is 12.0. The lowest BCUT2D eigenvalue weighted by Gasteiger charge is -2.06. The van der Waals surface area contributed by atoms with Gasteiger partial charge in [0.15, 0.2) is 0 Å². The zero-order valence-corrected chi connectivity index (χ0v) is 11.1. The van der Waals surface area contributed by atoms with E-state index in [0.717, 1.165) is 16.8 Å². The molecule has 0 aromatic carbocycles. The Morgan fingerprint density at radius 2 is 2.10 bits per heavy atom. The highest BCUT2D eigenvalue weighted by Gasteiger charge is 2.25. The lowest BCUT2D eigenvalue weighted by molar-refractivity contribution is -0.385.